The van der Waals surface area contributed by atoms with Crippen LogP contribution in [-0.2, 0) is 32.1 Å². The first-order valence-electron chi connectivity index (χ1n) is 28.3. The highest BCUT2D eigenvalue weighted by Crippen LogP contribution is 2.40. The maximum Gasteiger partial charge on any atom is 0.126 e. The molecule has 0 bridgehead atoms. The molecule has 1 aromatic rings. The summed E-state index contributed by atoms with van der Waals surface area (Å²) in [5.74, 6) is 1.37. The molecule has 1 nitrogen and oxygen atoms in total. The molecule has 1 heteroatoms. The molecule has 0 atom stereocenters. The predicted molar refractivity (Wildman–Crippen MR) is 273 cm³/mol. The van der Waals surface area contributed by atoms with E-state index in [1.54, 1.807) is 22.3 Å². The molecule has 353 valence electrons. The Morgan fingerprint density at radius 1 is 0.250 bits per heavy atom. The van der Waals surface area contributed by atoms with Crippen molar-refractivity contribution in [1.82, 2.24) is 0 Å². The smallest absolute Gasteiger partial charge is 0.126 e. The number of ether oxygens (including phenoxy) is 1. The van der Waals surface area contributed by atoms with E-state index in [1.165, 1.54) is 295 Å². The molecule has 0 unspecified atom stereocenters. The highest BCUT2D eigenvalue weighted by atomic mass is 16.5. The lowest BCUT2D eigenvalue weighted by Crippen LogP contribution is -2.15. The van der Waals surface area contributed by atoms with Gasteiger partial charge in [0.1, 0.15) is 5.75 Å². The number of hydrogen-bond acceptors (Lipinski definition) is 1. The second-order valence-corrected chi connectivity index (χ2v) is 19.5. The fourth-order valence-electron chi connectivity index (χ4n) is 9.96. The largest absolute Gasteiger partial charge is 0.493 e. The highest BCUT2D eigenvalue weighted by Gasteiger charge is 2.24. The molecule has 0 amide bonds. The SMILES string of the molecule is [CH2]CCOc1c(CCCCCCCCCC)c(CCCCCCCCCC)c(CCCCCCCCCC)c(CCCCCCCCCC)c1CCCCCCCCCC. The van der Waals surface area contributed by atoms with Gasteiger partial charge in [0.05, 0.1) is 6.61 Å². The second-order valence-electron chi connectivity index (χ2n) is 19.5. The zero-order chi connectivity index (χ0) is 43.4. The van der Waals surface area contributed by atoms with Gasteiger partial charge in [-0.15, -0.1) is 0 Å². The van der Waals surface area contributed by atoms with Crippen LogP contribution in [0.25, 0.3) is 0 Å². The fourth-order valence-corrected chi connectivity index (χ4v) is 9.96. The van der Waals surface area contributed by atoms with Crippen LogP contribution in [0.4, 0.5) is 0 Å². The molecule has 1 aromatic carbocycles. The molecule has 0 aliphatic carbocycles. The van der Waals surface area contributed by atoms with Crippen molar-refractivity contribution in [1.29, 1.82) is 0 Å². The van der Waals surface area contributed by atoms with Gasteiger partial charge in [-0.3, -0.25) is 0 Å². The van der Waals surface area contributed by atoms with Gasteiger partial charge < -0.3 is 4.74 Å². The molecule has 0 N–H and O–H groups in total. The minimum atomic E-state index is 0.765. The summed E-state index contributed by atoms with van der Waals surface area (Å²) in [4.78, 5) is 0. The third-order valence-corrected chi connectivity index (χ3v) is 13.8. The van der Waals surface area contributed by atoms with E-state index >= 15 is 0 Å². The van der Waals surface area contributed by atoms with Crippen LogP contribution in [-0.4, -0.2) is 6.61 Å². The van der Waals surface area contributed by atoms with Gasteiger partial charge >= 0.3 is 0 Å². The van der Waals surface area contributed by atoms with Gasteiger partial charge in [-0.05, 0) is 105 Å². The van der Waals surface area contributed by atoms with E-state index in [1.807, 2.05) is 5.56 Å². The van der Waals surface area contributed by atoms with Gasteiger partial charge in [-0.1, -0.05) is 259 Å². The van der Waals surface area contributed by atoms with Gasteiger partial charge in [0.2, 0.25) is 0 Å². The minimum absolute atomic E-state index is 0.765. The average molecular weight is 837 g/mol. The number of hydrogen-bond donors (Lipinski definition) is 0. The molecule has 1 radical (unpaired) electrons. The summed E-state index contributed by atoms with van der Waals surface area (Å²) in [7, 11) is 0. The zero-order valence-electron chi connectivity index (χ0n) is 42.3. The van der Waals surface area contributed by atoms with Crippen LogP contribution in [0.3, 0.4) is 0 Å². The average Bonchev–Trinajstić information content (AvgIpc) is 3.26. The molecule has 0 aliphatic heterocycles. The Kier molecular flexibility index (Phi) is 42.4. The Morgan fingerprint density at radius 2 is 0.433 bits per heavy atom. The van der Waals surface area contributed by atoms with Crippen LogP contribution >= 0.6 is 0 Å². The molecule has 60 heavy (non-hydrogen) atoms. The van der Waals surface area contributed by atoms with Crippen molar-refractivity contribution >= 4 is 0 Å². The third kappa shape index (κ3) is 30.2. The predicted octanol–water partition coefficient (Wildman–Crippen LogP) is 20.7. The highest BCUT2D eigenvalue weighted by molar-refractivity contribution is 5.57. The Bertz CT molecular complexity index is 958. The Hall–Kier alpha value is -0.980. The molecular formula is C59H111O. The van der Waals surface area contributed by atoms with E-state index < -0.39 is 0 Å². The Morgan fingerprint density at radius 3 is 0.650 bits per heavy atom. The van der Waals surface area contributed by atoms with Crippen molar-refractivity contribution in [2.24, 2.45) is 0 Å². The summed E-state index contributed by atoms with van der Waals surface area (Å²) in [5, 5.41) is 0. The monoisotopic (exact) mass is 836 g/mol. The van der Waals surface area contributed by atoms with Gasteiger partial charge in [-0.25, -0.2) is 0 Å². The lowest BCUT2D eigenvalue weighted by Gasteiger charge is -2.28. The second kappa shape index (κ2) is 44.6. The maximum atomic E-state index is 7.09. The standard InChI is InChI=1S/C59H111O/c1-7-13-18-23-28-33-38-43-48-54-55(49-44-39-34-29-24-19-14-8-2)57(51-46-41-36-31-26-21-16-10-4)59(60-53-12-6)58(52-47-42-37-32-27-22-17-11-5)56(54)50-45-40-35-30-25-20-15-9-3/h6-53H2,1-5H3. The topological polar surface area (TPSA) is 9.23 Å². The van der Waals surface area contributed by atoms with E-state index in [-0.39, 0.29) is 0 Å². The van der Waals surface area contributed by atoms with Crippen molar-refractivity contribution in [3.63, 3.8) is 0 Å². The third-order valence-electron chi connectivity index (χ3n) is 13.8. The van der Waals surface area contributed by atoms with Crippen LogP contribution in [0.1, 0.15) is 326 Å². The van der Waals surface area contributed by atoms with E-state index in [2.05, 4.69) is 41.5 Å². The molecule has 0 spiro atoms. The molecule has 1 rings (SSSR count). The molecular weight excluding hydrogens is 725 g/mol. The summed E-state index contributed by atoms with van der Waals surface area (Å²) in [5.41, 5.74) is 8.72. The lowest BCUT2D eigenvalue weighted by molar-refractivity contribution is 0.315. The Labute approximate surface area is 380 Å². The number of benzene rings is 1. The van der Waals surface area contributed by atoms with Crippen molar-refractivity contribution in [3.8, 4) is 5.75 Å². The minimum Gasteiger partial charge on any atom is -0.493 e. The van der Waals surface area contributed by atoms with Gasteiger partial charge in [0.25, 0.3) is 0 Å². The lowest BCUT2D eigenvalue weighted by atomic mass is 9.80. The van der Waals surface area contributed by atoms with E-state index in [0.29, 0.717) is 0 Å². The van der Waals surface area contributed by atoms with Crippen LogP contribution in [0, 0.1) is 6.92 Å². The Balaban J connectivity index is 3.58. The summed E-state index contributed by atoms with van der Waals surface area (Å²) >= 11 is 0. The number of rotatable bonds is 48. The van der Waals surface area contributed by atoms with Gasteiger partial charge in [-0.2, -0.15) is 0 Å². The summed E-state index contributed by atoms with van der Waals surface area (Å²) in [6.45, 7) is 16.8. The molecule has 0 saturated carbocycles. The zero-order valence-corrected chi connectivity index (χ0v) is 42.3. The molecule has 0 saturated heterocycles. The van der Waals surface area contributed by atoms with E-state index in [9.17, 15) is 0 Å². The van der Waals surface area contributed by atoms with Crippen LogP contribution in [0.15, 0.2) is 0 Å². The number of unbranched alkanes of at least 4 members (excludes halogenated alkanes) is 35. The summed E-state index contributed by atoms with van der Waals surface area (Å²) in [6.07, 6.45) is 63.0. The van der Waals surface area contributed by atoms with E-state index in [0.717, 1.165) is 13.0 Å². The first-order chi connectivity index (χ1) is 29.7. The first-order valence-corrected chi connectivity index (χ1v) is 28.3. The van der Waals surface area contributed by atoms with Crippen molar-refractivity contribution in [3.05, 3.63) is 34.7 Å². The normalized spacial score (nSPS) is 11.6. The quantitative estimate of drug-likeness (QED) is 0.0594. The molecule has 0 aromatic heterocycles. The molecule has 0 fully saturated rings. The fraction of sp³-hybridized carbons (Fsp3) is 0.881. The molecule has 0 aliphatic rings. The molecule has 0 heterocycles. The van der Waals surface area contributed by atoms with E-state index in [4.69, 9.17) is 4.74 Å². The van der Waals surface area contributed by atoms with Crippen molar-refractivity contribution < 1.29 is 4.74 Å². The van der Waals surface area contributed by atoms with Crippen molar-refractivity contribution in [2.45, 2.75) is 330 Å². The maximum absolute atomic E-state index is 7.09. The first kappa shape index (κ1) is 57.0. The van der Waals surface area contributed by atoms with Crippen LogP contribution in [0.5, 0.6) is 5.75 Å². The summed E-state index contributed by atoms with van der Waals surface area (Å²) in [6, 6.07) is 0. The van der Waals surface area contributed by atoms with Gasteiger partial charge in [0.15, 0.2) is 0 Å². The van der Waals surface area contributed by atoms with Gasteiger partial charge in [0, 0.05) is 0 Å². The van der Waals surface area contributed by atoms with Crippen LogP contribution < -0.4 is 4.74 Å². The summed E-state index contributed by atoms with van der Waals surface area (Å²) < 4.78 is 7.09. The van der Waals surface area contributed by atoms with Crippen LogP contribution in [0.2, 0.25) is 0 Å². The van der Waals surface area contributed by atoms with Crippen molar-refractivity contribution in [2.75, 3.05) is 6.61 Å².